The lowest BCUT2D eigenvalue weighted by atomic mass is 10.3. The SMILES string of the molecule is CN(CC(=O)O)c1nccnc1Nc1ccccc1. The first-order chi connectivity index (χ1) is 9.16. The molecule has 2 rings (SSSR count). The summed E-state index contributed by atoms with van der Waals surface area (Å²) in [6, 6.07) is 9.52. The summed E-state index contributed by atoms with van der Waals surface area (Å²) < 4.78 is 0. The molecule has 0 saturated carbocycles. The Balaban J connectivity index is 2.23. The van der Waals surface area contributed by atoms with Gasteiger partial charge < -0.3 is 15.3 Å². The molecule has 0 radical (unpaired) electrons. The Morgan fingerprint density at radius 3 is 2.63 bits per heavy atom. The van der Waals surface area contributed by atoms with Crippen LogP contribution in [0.15, 0.2) is 42.7 Å². The minimum atomic E-state index is -0.918. The standard InChI is InChI=1S/C13H14N4O2/c1-17(9-11(18)19)13-12(14-7-8-15-13)16-10-5-3-2-4-6-10/h2-8H,9H2,1H3,(H,14,16)(H,18,19). The van der Waals surface area contributed by atoms with E-state index in [1.165, 1.54) is 11.1 Å². The van der Waals surface area contributed by atoms with Gasteiger partial charge in [0.2, 0.25) is 0 Å². The zero-order valence-electron chi connectivity index (χ0n) is 10.4. The largest absolute Gasteiger partial charge is 0.480 e. The van der Waals surface area contributed by atoms with Crippen molar-refractivity contribution in [2.75, 3.05) is 23.8 Å². The predicted molar refractivity (Wildman–Crippen MR) is 72.7 cm³/mol. The molecule has 2 N–H and O–H groups in total. The Labute approximate surface area is 110 Å². The third-order valence-electron chi connectivity index (χ3n) is 2.45. The number of nitrogens with one attached hydrogen (secondary N) is 1. The van der Waals surface area contributed by atoms with Crippen molar-refractivity contribution < 1.29 is 9.90 Å². The first-order valence-electron chi connectivity index (χ1n) is 5.73. The molecular formula is C13H14N4O2. The minimum absolute atomic E-state index is 0.137. The second-order valence-electron chi connectivity index (χ2n) is 3.97. The number of carbonyl (C=O) groups is 1. The van der Waals surface area contributed by atoms with Crippen LogP contribution in [0.1, 0.15) is 0 Å². The molecular weight excluding hydrogens is 244 g/mol. The first-order valence-corrected chi connectivity index (χ1v) is 5.73. The van der Waals surface area contributed by atoms with Gasteiger partial charge in [0.25, 0.3) is 0 Å². The van der Waals surface area contributed by atoms with Crippen LogP contribution in [0.2, 0.25) is 0 Å². The molecule has 0 saturated heterocycles. The van der Waals surface area contributed by atoms with E-state index >= 15 is 0 Å². The summed E-state index contributed by atoms with van der Waals surface area (Å²) in [7, 11) is 1.66. The fourth-order valence-corrected chi connectivity index (χ4v) is 1.63. The smallest absolute Gasteiger partial charge is 0.323 e. The second-order valence-corrected chi connectivity index (χ2v) is 3.97. The quantitative estimate of drug-likeness (QED) is 0.850. The molecule has 0 unspecified atom stereocenters. The Hall–Kier alpha value is -2.63. The average Bonchev–Trinajstić information content (AvgIpc) is 2.39. The Morgan fingerprint density at radius 1 is 1.26 bits per heavy atom. The molecule has 0 bridgehead atoms. The number of aromatic nitrogens is 2. The van der Waals surface area contributed by atoms with Gasteiger partial charge in [0, 0.05) is 25.1 Å². The van der Waals surface area contributed by atoms with Crippen LogP contribution in [0.3, 0.4) is 0 Å². The number of rotatable bonds is 5. The molecule has 0 fully saturated rings. The highest BCUT2D eigenvalue weighted by Gasteiger charge is 2.12. The van der Waals surface area contributed by atoms with Crippen molar-refractivity contribution in [3.05, 3.63) is 42.7 Å². The number of nitrogens with zero attached hydrogens (tertiary/aromatic N) is 3. The van der Waals surface area contributed by atoms with Crippen molar-refractivity contribution in [1.82, 2.24) is 9.97 Å². The van der Waals surface area contributed by atoms with Crippen LogP contribution in [0.5, 0.6) is 0 Å². The lowest BCUT2D eigenvalue weighted by Gasteiger charge is -2.18. The van der Waals surface area contributed by atoms with Gasteiger partial charge in [0.1, 0.15) is 6.54 Å². The molecule has 6 nitrogen and oxygen atoms in total. The maximum atomic E-state index is 10.7. The molecule has 1 heterocycles. The Bertz CT molecular complexity index is 560. The molecule has 0 atom stereocenters. The summed E-state index contributed by atoms with van der Waals surface area (Å²) in [4.78, 5) is 20.6. The lowest BCUT2D eigenvalue weighted by molar-refractivity contribution is -0.135. The van der Waals surface area contributed by atoms with Gasteiger partial charge in [0.15, 0.2) is 11.6 Å². The number of benzene rings is 1. The number of carboxylic acids is 1. The fraction of sp³-hybridized carbons (Fsp3) is 0.154. The molecule has 1 aromatic heterocycles. The zero-order valence-corrected chi connectivity index (χ0v) is 10.4. The van der Waals surface area contributed by atoms with Gasteiger partial charge in [-0.2, -0.15) is 0 Å². The molecule has 0 aliphatic heterocycles. The van der Waals surface area contributed by atoms with Crippen molar-refractivity contribution in [2.45, 2.75) is 0 Å². The number of para-hydroxylation sites is 1. The van der Waals surface area contributed by atoms with Crippen molar-refractivity contribution in [3.63, 3.8) is 0 Å². The highest BCUT2D eigenvalue weighted by molar-refractivity contribution is 5.76. The molecule has 19 heavy (non-hydrogen) atoms. The van der Waals surface area contributed by atoms with Crippen molar-refractivity contribution in [2.24, 2.45) is 0 Å². The normalized spacial score (nSPS) is 9.95. The van der Waals surface area contributed by atoms with Gasteiger partial charge >= 0.3 is 5.97 Å². The summed E-state index contributed by atoms with van der Waals surface area (Å²) in [5.74, 6) is 0.102. The summed E-state index contributed by atoms with van der Waals surface area (Å²) in [5, 5.41) is 11.9. The monoisotopic (exact) mass is 258 g/mol. The molecule has 6 heteroatoms. The predicted octanol–water partition coefficient (Wildman–Crippen LogP) is 1.74. The van der Waals surface area contributed by atoms with Crippen LogP contribution in [0.4, 0.5) is 17.3 Å². The highest BCUT2D eigenvalue weighted by Crippen LogP contribution is 2.22. The highest BCUT2D eigenvalue weighted by atomic mass is 16.4. The van der Waals surface area contributed by atoms with Gasteiger partial charge in [0.05, 0.1) is 0 Å². The van der Waals surface area contributed by atoms with Crippen molar-refractivity contribution in [1.29, 1.82) is 0 Å². The maximum Gasteiger partial charge on any atom is 0.323 e. The third kappa shape index (κ3) is 3.41. The van der Waals surface area contributed by atoms with E-state index in [9.17, 15) is 4.79 Å². The number of hydrogen-bond acceptors (Lipinski definition) is 5. The topological polar surface area (TPSA) is 78.4 Å². The maximum absolute atomic E-state index is 10.7. The van der Waals surface area contributed by atoms with E-state index in [0.717, 1.165) is 5.69 Å². The Morgan fingerprint density at radius 2 is 1.95 bits per heavy atom. The summed E-state index contributed by atoms with van der Waals surface area (Å²) in [6.07, 6.45) is 3.09. The number of hydrogen-bond donors (Lipinski definition) is 2. The molecule has 0 aliphatic carbocycles. The van der Waals surface area contributed by atoms with E-state index in [1.54, 1.807) is 13.2 Å². The van der Waals surface area contributed by atoms with Gasteiger partial charge in [-0.1, -0.05) is 18.2 Å². The fourth-order valence-electron chi connectivity index (χ4n) is 1.63. The molecule has 98 valence electrons. The second kappa shape index (κ2) is 5.81. The van der Waals surface area contributed by atoms with Crippen LogP contribution >= 0.6 is 0 Å². The van der Waals surface area contributed by atoms with E-state index in [4.69, 9.17) is 5.11 Å². The number of carboxylic acid groups (broad SMARTS) is 1. The first kappa shape index (κ1) is 12.8. The van der Waals surface area contributed by atoms with Crippen molar-refractivity contribution in [3.8, 4) is 0 Å². The minimum Gasteiger partial charge on any atom is -0.480 e. The van der Waals surface area contributed by atoms with Crippen LogP contribution < -0.4 is 10.2 Å². The molecule has 0 spiro atoms. The molecule has 0 amide bonds. The van der Waals surface area contributed by atoms with Crippen LogP contribution in [0, 0.1) is 0 Å². The summed E-state index contributed by atoms with van der Waals surface area (Å²) >= 11 is 0. The van der Waals surface area contributed by atoms with Crippen molar-refractivity contribution >= 4 is 23.3 Å². The van der Waals surface area contributed by atoms with Crippen LogP contribution in [-0.4, -0.2) is 34.6 Å². The number of likely N-dealkylation sites (N-methyl/N-ethyl adjacent to an activating group) is 1. The summed E-state index contributed by atoms with van der Waals surface area (Å²) in [5.41, 5.74) is 0.868. The Kier molecular flexibility index (Phi) is 3.92. The van der Waals surface area contributed by atoms with Gasteiger partial charge in [-0.05, 0) is 12.1 Å². The average molecular weight is 258 g/mol. The lowest BCUT2D eigenvalue weighted by Crippen LogP contribution is -2.26. The number of anilines is 3. The van der Waals surface area contributed by atoms with Gasteiger partial charge in [-0.25, -0.2) is 9.97 Å². The summed E-state index contributed by atoms with van der Waals surface area (Å²) in [6.45, 7) is -0.137. The molecule has 0 aliphatic rings. The zero-order chi connectivity index (χ0) is 13.7. The van der Waals surface area contributed by atoms with E-state index < -0.39 is 5.97 Å². The molecule has 1 aromatic carbocycles. The van der Waals surface area contributed by atoms with Crippen LogP contribution in [-0.2, 0) is 4.79 Å². The molecule has 2 aromatic rings. The van der Waals surface area contributed by atoms with E-state index in [2.05, 4.69) is 15.3 Å². The van der Waals surface area contributed by atoms with E-state index in [1.807, 2.05) is 30.3 Å². The van der Waals surface area contributed by atoms with Gasteiger partial charge in [-0.3, -0.25) is 4.79 Å². The van der Waals surface area contributed by atoms with E-state index in [-0.39, 0.29) is 6.54 Å². The number of aliphatic carboxylic acids is 1. The van der Waals surface area contributed by atoms with Crippen LogP contribution in [0.25, 0.3) is 0 Å². The third-order valence-corrected chi connectivity index (χ3v) is 2.45. The van der Waals surface area contributed by atoms with E-state index in [0.29, 0.717) is 11.6 Å². The van der Waals surface area contributed by atoms with Gasteiger partial charge in [-0.15, -0.1) is 0 Å².